The van der Waals surface area contributed by atoms with E-state index in [4.69, 9.17) is 5.11 Å². The van der Waals surface area contributed by atoms with E-state index in [1.807, 2.05) is 0 Å². The molecule has 2 N–H and O–H groups in total. The Labute approximate surface area is 113 Å². The predicted molar refractivity (Wildman–Crippen MR) is 73.5 cm³/mol. The second-order valence-corrected chi connectivity index (χ2v) is 4.15. The van der Waals surface area contributed by atoms with Crippen molar-refractivity contribution in [1.29, 1.82) is 0 Å². The number of H-pyrrole nitrogens is 1. The van der Waals surface area contributed by atoms with Gasteiger partial charge in [-0.3, -0.25) is 14.3 Å². The molecule has 6 nitrogen and oxygen atoms in total. The van der Waals surface area contributed by atoms with Gasteiger partial charge in [-0.25, -0.2) is 9.59 Å². The van der Waals surface area contributed by atoms with Gasteiger partial charge < -0.3 is 5.11 Å². The first-order valence-electron chi connectivity index (χ1n) is 5.84. The van der Waals surface area contributed by atoms with E-state index in [-0.39, 0.29) is 0 Å². The number of carboxylic acid groups (broad SMARTS) is 1. The Morgan fingerprint density at radius 2 is 1.90 bits per heavy atom. The van der Waals surface area contributed by atoms with Crippen molar-refractivity contribution < 1.29 is 9.90 Å². The molecule has 0 spiro atoms. The van der Waals surface area contributed by atoms with E-state index >= 15 is 0 Å². The van der Waals surface area contributed by atoms with E-state index in [2.05, 4.69) is 4.98 Å². The molecule has 0 amide bonds. The smallest absolute Gasteiger partial charge is 0.328 e. The third-order valence-corrected chi connectivity index (χ3v) is 2.65. The van der Waals surface area contributed by atoms with Crippen LogP contribution in [0.25, 0.3) is 6.08 Å². The van der Waals surface area contributed by atoms with Gasteiger partial charge in [0.1, 0.15) is 0 Å². The summed E-state index contributed by atoms with van der Waals surface area (Å²) in [4.78, 5) is 35.0. The van der Waals surface area contributed by atoms with Gasteiger partial charge in [-0.05, 0) is 17.2 Å². The van der Waals surface area contributed by atoms with Crippen molar-refractivity contribution in [3.05, 3.63) is 74.6 Å². The third kappa shape index (κ3) is 3.55. The fraction of sp³-hybridized carbons (Fsp3) is 0.0714. The molecule has 0 saturated heterocycles. The molecule has 0 bridgehead atoms. The number of aliphatic carboxylic acids is 1. The standard InChI is InChI=1S/C14H12N2O4/c17-12-7-8-16(14(20)15-12)9-11-3-1-10(2-4-11)5-6-13(18)19/h1-8H,9H2,(H,18,19)(H,15,17,20). The van der Waals surface area contributed by atoms with Crippen molar-refractivity contribution in [2.75, 3.05) is 0 Å². The van der Waals surface area contributed by atoms with Crippen LogP contribution < -0.4 is 11.2 Å². The van der Waals surface area contributed by atoms with Crippen molar-refractivity contribution >= 4 is 12.0 Å². The van der Waals surface area contributed by atoms with Gasteiger partial charge >= 0.3 is 11.7 Å². The number of nitrogens with one attached hydrogen (secondary N) is 1. The summed E-state index contributed by atoms with van der Waals surface area (Å²) in [5.74, 6) is -1.01. The Morgan fingerprint density at radius 3 is 2.50 bits per heavy atom. The van der Waals surface area contributed by atoms with Crippen LogP contribution in [0.15, 0.2) is 52.2 Å². The summed E-state index contributed by atoms with van der Waals surface area (Å²) >= 11 is 0. The van der Waals surface area contributed by atoms with E-state index in [1.54, 1.807) is 24.3 Å². The molecule has 2 aromatic rings. The van der Waals surface area contributed by atoms with Gasteiger partial charge in [0.2, 0.25) is 0 Å². The Balaban J connectivity index is 2.16. The van der Waals surface area contributed by atoms with Gasteiger partial charge in [0.15, 0.2) is 0 Å². The van der Waals surface area contributed by atoms with Crippen LogP contribution in [-0.2, 0) is 11.3 Å². The average Bonchev–Trinajstić information content (AvgIpc) is 2.41. The summed E-state index contributed by atoms with van der Waals surface area (Å²) in [6.07, 6.45) is 3.97. The predicted octanol–water partition coefficient (Wildman–Crippen LogP) is 0.683. The lowest BCUT2D eigenvalue weighted by Crippen LogP contribution is -2.28. The van der Waals surface area contributed by atoms with E-state index in [0.29, 0.717) is 6.54 Å². The first-order chi connectivity index (χ1) is 9.54. The molecule has 102 valence electrons. The number of benzene rings is 1. The number of carbonyl (C=O) groups is 1. The van der Waals surface area contributed by atoms with E-state index in [1.165, 1.54) is 22.9 Å². The van der Waals surface area contributed by atoms with Crippen LogP contribution in [0.3, 0.4) is 0 Å². The van der Waals surface area contributed by atoms with Crippen molar-refractivity contribution in [1.82, 2.24) is 9.55 Å². The maximum Gasteiger partial charge on any atom is 0.328 e. The minimum absolute atomic E-state index is 0.332. The summed E-state index contributed by atoms with van der Waals surface area (Å²) in [7, 11) is 0. The summed E-state index contributed by atoms with van der Waals surface area (Å²) < 4.78 is 1.38. The molecular formula is C14H12N2O4. The summed E-state index contributed by atoms with van der Waals surface area (Å²) in [6.45, 7) is 0.332. The molecule has 0 saturated carbocycles. The van der Waals surface area contributed by atoms with Gasteiger partial charge in [0, 0.05) is 18.3 Å². The Hall–Kier alpha value is -2.89. The molecule has 0 radical (unpaired) electrons. The highest BCUT2D eigenvalue weighted by Gasteiger charge is 1.98. The van der Waals surface area contributed by atoms with Crippen LogP contribution in [0.2, 0.25) is 0 Å². The number of rotatable bonds is 4. The number of nitrogens with zero attached hydrogens (tertiary/aromatic N) is 1. The van der Waals surface area contributed by atoms with Gasteiger partial charge in [0.05, 0.1) is 6.54 Å². The number of aromatic amines is 1. The van der Waals surface area contributed by atoms with Crippen molar-refractivity contribution in [2.24, 2.45) is 0 Å². The molecule has 0 aliphatic rings. The van der Waals surface area contributed by atoms with E-state index in [0.717, 1.165) is 17.2 Å². The van der Waals surface area contributed by atoms with Crippen LogP contribution in [-0.4, -0.2) is 20.6 Å². The molecule has 0 aliphatic heterocycles. The largest absolute Gasteiger partial charge is 0.478 e. The minimum atomic E-state index is -1.01. The molecule has 0 aliphatic carbocycles. The topological polar surface area (TPSA) is 92.2 Å². The lowest BCUT2D eigenvalue weighted by atomic mass is 10.1. The summed E-state index contributed by atoms with van der Waals surface area (Å²) in [6, 6.07) is 8.38. The number of carboxylic acids is 1. The average molecular weight is 272 g/mol. The molecule has 6 heteroatoms. The Bertz CT molecular complexity index is 754. The molecule has 1 heterocycles. The maximum absolute atomic E-state index is 11.5. The molecule has 0 atom stereocenters. The highest BCUT2D eigenvalue weighted by molar-refractivity contribution is 5.85. The van der Waals surface area contributed by atoms with Crippen molar-refractivity contribution in [3.8, 4) is 0 Å². The third-order valence-electron chi connectivity index (χ3n) is 2.65. The fourth-order valence-corrected chi connectivity index (χ4v) is 1.67. The van der Waals surface area contributed by atoms with Crippen LogP contribution in [0, 0.1) is 0 Å². The molecule has 1 aromatic carbocycles. The minimum Gasteiger partial charge on any atom is -0.478 e. The second kappa shape index (κ2) is 5.83. The molecule has 20 heavy (non-hydrogen) atoms. The highest BCUT2D eigenvalue weighted by Crippen LogP contribution is 2.07. The molecule has 0 fully saturated rings. The van der Waals surface area contributed by atoms with Gasteiger partial charge in [-0.1, -0.05) is 24.3 Å². The van der Waals surface area contributed by atoms with Crippen LogP contribution in [0.5, 0.6) is 0 Å². The zero-order valence-corrected chi connectivity index (χ0v) is 10.4. The molecule has 2 rings (SSSR count). The van der Waals surface area contributed by atoms with Crippen molar-refractivity contribution in [3.63, 3.8) is 0 Å². The lowest BCUT2D eigenvalue weighted by molar-refractivity contribution is -0.131. The van der Waals surface area contributed by atoms with Crippen molar-refractivity contribution in [2.45, 2.75) is 6.54 Å². The lowest BCUT2D eigenvalue weighted by Gasteiger charge is -2.04. The van der Waals surface area contributed by atoms with Gasteiger partial charge in [-0.15, -0.1) is 0 Å². The van der Waals surface area contributed by atoms with E-state index in [9.17, 15) is 14.4 Å². The van der Waals surface area contributed by atoms with Crippen LogP contribution in [0.1, 0.15) is 11.1 Å². The van der Waals surface area contributed by atoms with Gasteiger partial charge in [0.25, 0.3) is 5.56 Å². The maximum atomic E-state index is 11.5. The second-order valence-electron chi connectivity index (χ2n) is 4.15. The van der Waals surface area contributed by atoms with Crippen LogP contribution in [0.4, 0.5) is 0 Å². The number of hydrogen-bond acceptors (Lipinski definition) is 3. The number of hydrogen-bond donors (Lipinski definition) is 2. The summed E-state index contributed by atoms with van der Waals surface area (Å²) in [5.41, 5.74) is 0.726. The molecule has 0 unspecified atom stereocenters. The Morgan fingerprint density at radius 1 is 1.20 bits per heavy atom. The summed E-state index contributed by atoms with van der Waals surface area (Å²) in [5, 5.41) is 8.52. The van der Waals surface area contributed by atoms with E-state index < -0.39 is 17.2 Å². The van der Waals surface area contributed by atoms with Gasteiger partial charge in [-0.2, -0.15) is 0 Å². The monoisotopic (exact) mass is 272 g/mol. The first kappa shape index (κ1) is 13.5. The Kier molecular flexibility index (Phi) is 3.95. The quantitative estimate of drug-likeness (QED) is 0.801. The molecule has 1 aromatic heterocycles. The molecular weight excluding hydrogens is 260 g/mol. The first-order valence-corrected chi connectivity index (χ1v) is 5.84. The normalized spacial score (nSPS) is 10.8. The van der Waals surface area contributed by atoms with Crippen LogP contribution >= 0.6 is 0 Å². The SMILES string of the molecule is O=C(O)C=Cc1ccc(Cn2ccc(=O)[nH]c2=O)cc1. The highest BCUT2D eigenvalue weighted by atomic mass is 16.4. The zero-order chi connectivity index (χ0) is 14.5. The zero-order valence-electron chi connectivity index (χ0n) is 10.4. The fourth-order valence-electron chi connectivity index (χ4n) is 1.67. The number of aromatic nitrogens is 2.